The van der Waals surface area contributed by atoms with Crippen LogP contribution in [0.15, 0.2) is 41.3 Å². The number of carbonyl (C=O) groups is 1. The molecule has 0 spiro atoms. The molecular formula is C22H28ClN3O5S. The Bertz CT molecular complexity index is 1090. The first kappa shape index (κ1) is 24.3. The van der Waals surface area contributed by atoms with Crippen molar-refractivity contribution >= 4 is 33.2 Å². The third-order valence-electron chi connectivity index (χ3n) is 5.45. The number of hydrogen-bond acceptors (Lipinski definition) is 6. The van der Waals surface area contributed by atoms with E-state index in [1.54, 1.807) is 20.8 Å². The molecule has 3 rings (SSSR count). The summed E-state index contributed by atoms with van der Waals surface area (Å²) in [4.78, 5) is 14.8. The summed E-state index contributed by atoms with van der Waals surface area (Å²) in [5.74, 6) is 1.09. The lowest BCUT2D eigenvalue weighted by Gasteiger charge is -2.24. The second-order valence-corrected chi connectivity index (χ2v) is 9.84. The molecule has 1 amide bonds. The van der Waals surface area contributed by atoms with Crippen LogP contribution in [-0.2, 0) is 21.4 Å². The molecule has 1 aliphatic rings. The van der Waals surface area contributed by atoms with Crippen LogP contribution in [0.2, 0.25) is 5.02 Å². The van der Waals surface area contributed by atoms with Crippen molar-refractivity contribution in [3.05, 3.63) is 47.0 Å². The first-order valence-electron chi connectivity index (χ1n) is 10.4. The van der Waals surface area contributed by atoms with Crippen LogP contribution in [0, 0.1) is 0 Å². The van der Waals surface area contributed by atoms with E-state index in [0.717, 1.165) is 5.56 Å². The van der Waals surface area contributed by atoms with Gasteiger partial charge in [0.05, 0.1) is 21.6 Å². The molecule has 2 aromatic carbocycles. The first-order valence-corrected chi connectivity index (χ1v) is 12.2. The van der Waals surface area contributed by atoms with Crippen LogP contribution in [0.3, 0.4) is 0 Å². The van der Waals surface area contributed by atoms with Gasteiger partial charge in [-0.1, -0.05) is 31.5 Å². The summed E-state index contributed by atoms with van der Waals surface area (Å²) >= 11 is 6.24. The number of nitrogens with zero attached hydrogens (tertiary/aromatic N) is 2. The van der Waals surface area contributed by atoms with Gasteiger partial charge in [0.25, 0.3) is 0 Å². The van der Waals surface area contributed by atoms with Crippen molar-refractivity contribution in [3.63, 3.8) is 0 Å². The van der Waals surface area contributed by atoms with Crippen LogP contribution in [0.1, 0.15) is 26.3 Å². The van der Waals surface area contributed by atoms with E-state index < -0.39 is 16.1 Å². The number of hydrogen-bond donors (Lipinski definition) is 1. The van der Waals surface area contributed by atoms with Gasteiger partial charge in [-0.3, -0.25) is 9.69 Å². The minimum atomic E-state index is -3.67. The second kappa shape index (κ2) is 10.1. The van der Waals surface area contributed by atoms with Gasteiger partial charge >= 0.3 is 0 Å². The van der Waals surface area contributed by atoms with Crippen molar-refractivity contribution in [1.82, 2.24) is 9.21 Å². The lowest BCUT2D eigenvalue weighted by atomic mass is 10.1. The van der Waals surface area contributed by atoms with Crippen molar-refractivity contribution in [2.24, 2.45) is 0 Å². The molecule has 8 nitrogen and oxygen atoms in total. The molecule has 0 bridgehead atoms. The van der Waals surface area contributed by atoms with E-state index in [1.165, 1.54) is 22.5 Å². The normalized spacial score (nSPS) is 14.1. The fraction of sp³-hybridized carbons (Fsp3) is 0.409. The Morgan fingerprint density at radius 1 is 1.12 bits per heavy atom. The van der Waals surface area contributed by atoms with E-state index in [4.69, 9.17) is 21.1 Å². The number of benzene rings is 2. The third-order valence-corrected chi connectivity index (χ3v) is 7.82. The lowest BCUT2D eigenvalue weighted by molar-refractivity contribution is -0.120. The average Bonchev–Trinajstić information content (AvgIpc) is 3.23. The lowest BCUT2D eigenvalue weighted by Crippen LogP contribution is -2.39. The number of ether oxygens (including phenoxy) is 2. The molecule has 1 aliphatic heterocycles. The summed E-state index contributed by atoms with van der Waals surface area (Å²) in [6.45, 7) is 6.74. The van der Waals surface area contributed by atoms with Crippen molar-refractivity contribution < 1.29 is 22.7 Å². The van der Waals surface area contributed by atoms with Crippen molar-refractivity contribution in [2.75, 3.05) is 32.2 Å². The summed E-state index contributed by atoms with van der Waals surface area (Å²) in [5.41, 5.74) is 1.23. The molecule has 0 radical (unpaired) electrons. The smallest absolute Gasteiger partial charge is 0.243 e. The number of fused-ring (bicyclic) bond motifs is 1. The molecule has 32 heavy (non-hydrogen) atoms. The third kappa shape index (κ3) is 5.17. The van der Waals surface area contributed by atoms with Gasteiger partial charge in [0.2, 0.25) is 22.7 Å². The molecule has 1 heterocycles. The summed E-state index contributed by atoms with van der Waals surface area (Å²) in [5, 5.41) is 3.03. The zero-order valence-electron chi connectivity index (χ0n) is 18.6. The first-order chi connectivity index (χ1) is 15.2. The minimum absolute atomic E-state index is 0.0854. The van der Waals surface area contributed by atoms with Crippen LogP contribution in [0.4, 0.5) is 5.69 Å². The molecule has 0 saturated carbocycles. The SMILES string of the molecule is CCN(CC)S(=O)(=O)c1ccc(Cl)c(NC(=O)[C@@H](C)N(C)Cc2ccc3c(c2)OCO3)c1. The van der Waals surface area contributed by atoms with Crippen molar-refractivity contribution in [3.8, 4) is 11.5 Å². The van der Waals surface area contributed by atoms with Gasteiger partial charge in [-0.25, -0.2) is 8.42 Å². The van der Waals surface area contributed by atoms with Crippen LogP contribution in [-0.4, -0.2) is 56.5 Å². The van der Waals surface area contributed by atoms with E-state index in [2.05, 4.69) is 5.32 Å². The van der Waals surface area contributed by atoms with E-state index in [1.807, 2.05) is 30.1 Å². The zero-order valence-corrected chi connectivity index (χ0v) is 20.2. The highest BCUT2D eigenvalue weighted by Gasteiger charge is 2.24. The molecule has 10 heteroatoms. The van der Waals surface area contributed by atoms with Gasteiger partial charge in [0, 0.05) is 19.6 Å². The van der Waals surface area contributed by atoms with Crippen LogP contribution in [0.25, 0.3) is 0 Å². The molecule has 1 N–H and O–H groups in total. The van der Waals surface area contributed by atoms with E-state index in [9.17, 15) is 13.2 Å². The number of halogens is 1. The molecule has 174 valence electrons. The number of rotatable bonds is 9. The zero-order chi connectivity index (χ0) is 23.5. The quantitative estimate of drug-likeness (QED) is 0.589. The van der Waals surface area contributed by atoms with E-state index >= 15 is 0 Å². The largest absolute Gasteiger partial charge is 0.454 e. The number of carbonyl (C=O) groups excluding carboxylic acids is 1. The second-order valence-electron chi connectivity index (χ2n) is 7.50. The highest BCUT2D eigenvalue weighted by molar-refractivity contribution is 7.89. The molecule has 0 aromatic heterocycles. The van der Waals surface area contributed by atoms with Gasteiger partial charge in [-0.05, 0) is 49.9 Å². The molecule has 0 unspecified atom stereocenters. The number of anilines is 1. The number of likely N-dealkylation sites (N-methyl/N-ethyl adjacent to an activating group) is 1. The van der Waals surface area contributed by atoms with Gasteiger partial charge in [0.1, 0.15) is 0 Å². The Balaban J connectivity index is 1.71. The molecule has 1 atom stereocenters. The molecule has 0 fully saturated rings. The number of nitrogens with one attached hydrogen (secondary N) is 1. The Hall–Kier alpha value is -2.33. The Morgan fingerprint density at radius 3 is 2.50 bits per heavy atom. The maximum atomic E-state index is 12.9. The predicted molar refractivity (Wildman–Crippen MR) is 124 cm³/mol. The summed E-state index contributed by atoms with van der Waals surface area (Å²) in [6, 6.07) is 9.49. The Labute approximate surface area is 194 Å². The van der Waals surface area contributed by atoms with Gasteiger partial charge in [-0.15, -0.1) is 0 Å². The number of amides is 1. The average molecular weight is 482 g/mol. The molecule has 2 aromatic rings. The van der Waals surface area contributed by atoms with E-state index in [-0.39, 0.29) is 28.3 Å². The topological polar surface area (TPSA) is 88.2 Å². The maximum absolute atomic E-state index is 12.9. The van der Waals surface area contributed by atoms with Crippen molar-refractivity contribution in [2.45, 2.75) is 38.3 Å². The molecule has 0 aliphatic carbocycles. The van der Waals surface area contributed by atoms with Gasteiger partial charge in [0.15, 0.2) is 11.5 Å². The molecule has 0 saturated heterocycles. The summed E-state index contributed by atoms with van der Waals surface area (Å²) < 4.78 is 37.7. The highest BCUT2D eigenvalue weighted by Crippen LogP contribution is 2.33. The molecular weight excluding hydrogens is 454 g/mol. The standard InChI is InChI=1S/C22H28ClN3O5S/c1-5-26(6-2)32(28,29)17-8-9-18(23)19(12-17)24-22(27)15(3)25(4)13-16-7-10-20-21(11-16)31-14-30-20/h7-12,15H,5-6,13-14H2,1-4H3,(H,24,27)/t15-/m1/s1. The minimum Gasteiger partial charge on any atom is -0.454 e. The highest BCUT2D eigenvalue weighted by atomic mass is 35.5. The van der Waals surface area contributed by atoms with Gasteiger partial charge < -0.3 is 14.8 Å². The monoisotopic (exact) mass is 481 g/mol. The van der Waals surface area contributed by atoms with Crippen LogP contribution in [0.5, 0.6) is 11.5 Å². The summed E-state index contributed by atoms with van der Waals surface area (Å²) in [6.07, 6.45) is 0. The number of sulfonamides is 1. The summed E-state index contributed by atoms with van der Waals surface area (Å²) in [7, 11) is -1.84. The Kier molecular flexibility index (Phi) is 7.66. The fourth-order valence-electron chi connectivity index (χ4n) is 3.37. The van der Waals surface area contributed by atoms with Gasteiger partial charge in [-0.2, -0.15) is 4.31 Å². The Morgan fingerprint density at radius 2 is 1.81 bits per heavy atom. The fourth-order valence-corrected chi connectivity index (χ4v) is 5.02. The van der Waals surface area contributed by atoms with Crippen LogP contribution < -0.4 is 14.8 Å². The van der Waals surface area contributed by atoms with E-state index in [0.29, 0.717) is 31.1 Å². The maximum Gasteiger partial charge on any atom is 0.243 e. The van der Waals surface area contributed by atoms with Crippen LogP contribution >= 0.6 is 11.6 Å². The van der Waals surface area contributed by atoms with Crippen molar-refractivity contribution in [1.29, 1.82) is 0 Å². The predicted octanol–water partition coefficient (Wildman–Crippen LogP) is 3.56.